The quantitative estimate of drug-likeness (QED) is 0.348. The van der Waals surface area contributed by atoms with E-state index in [-0.39, 0.29) is 6.42 Å². The zero-order valence-electron chi connectivity index (χ0n) is 14.2. The third kappa shape index (κ3) is 2.15. The van der Waals surface area contributed by atoms with Crippen LogP contribution in [-0.4, -0.2) is 85.8 Å². The fourth-order valence-electron chi connectivity index (χ4n) is 4.71. The van der Waals surface area contributed by atoms with Crippen LogP contribution in [0.1, 0.15) is 33.6 Å². The molecule has 6 N–H and O–H groups in total. The van der Waals surface area contributed by atoms with Crippen molar-refractivity contribution in [1.29, 1.82) is 0 Å². The third-order valence-electron chi connectivity index (χ3n) is 7.03. The number of ether oxygens (including phenoxy) is 2. The zero-order valence-corrected chi connectivity index (χ0v) is 14.2. The summed E-state index contributed by atoms with van der Waals surface area (Å²) < 4.78 is 11.3. The molecule has 0 amide bonds. The molecule has 1 heterocycles. The van der Waals surface area contributed by atoms with Crippen LogP contribution in [0.3, 0.4) is 0 Å². The first kappa shape index (κ1) is 18.5. The lowest BCUT2D eigenvalue weighted by Gasteiger charge is -2.44. The van der Waals surface area contributed by atoms with Gasteiger partial charge in [-0.1, -0.05) is 20.8 Å². The van der Waals surface area contributed by atoms with E-state index in [9.17, 15) is 30.6 Å². The first-order valence-electron chi connectivity index (χ1n) is 8.36. The van der Waals surface area contributed by atoms with E-state index in [0.29, 0.717) is 6.42 Å². The molecule has 2 saturated carbocycles. The molecular weight excluding hydrogens is 320 g/mol. The van der Waals surface area contributed by atoms with Gasteiger partial charge >= 0.3 is 0 Å². The zero-order chi connectivity index (χ0) is 18.1. The smallest absolute Gasteiger partial charge is 0.186 e. The Bertz CT molecular complexity index is 494. The number of aliphatic hydroxyl groups is 6. The maximum absolute atomic E-state index is 10.9. The van der Waals surface area contributed by atoms with Crippen LogP contribution in [0.15, 0.2) is 0 Å². The van der Waals surface area contributed by atoms with E-state index < -0.39 is 66.0 Å². The first-order chi connectivity index (χ1) is 11.0. The predicted molar refractivity (Wildman–Crippen MR) is 80.7 cm³/mol. The molecule has 0 radical (unpaired) electrons. The molecule has 2 bridgehead atoms. The van der Waals surface area contributed by atoms with E-state index in [1.165, 1.54) is 0 Å². The van der Waals surface area contributed by atoms with Crippen LogP contribution >= 0.6 is 0 Å². The van der Waals surface area contributed by atoms with Gasteiger partial charge in [-0.25, -0.2) is 0 Å². The van der Waals surface area contributed by atoms with Crippen molar-refractivity contribution in [2.75, 3.05) is 6.61 Å². The highest BCUT2D eigenvalue weighted by Crippen LogP contribution is 2.68. The van der Waals surface area contributed by atoms with Gasteiger partial charge in [0.25, 0.3) is 0 Å². The van der Waals surface area contributed by atoms with Crippen LogP contribution < -0.4 is 0 Å². The van der Waals surface area contributed by atoms with Crippen LogP contribution in [0.25, 0.3) is 0 Å². The molecule has 2 aliphatic carbocycles. The standard InChI is InChI=1S/C16H28O8/c1-14(2)15(3)4-8(18)16(14,22)5-9(15)24-13-12(21)11(20)10(19)7(6-17)23-13/h7-13,17-22H,4-6H2,1-3H3/t7-,8+,9-,10-,11+,12-,13+,15-,16+/m1/s1. The van der Waals surface area contributed by atoms with Gasteiger partial charge in [0, 0.05) is 17.3 Å². The lowest BCUT2D eigenvalue weighted by molar-refractivity contribution is -0.320. The molecule has 140 valence electrons. The summed E-state index contributed by atoms with van der Waals surface area (Å²) >= 11 is 0. The predicted octanol–water partition coefficient (Wildman–Crippen LogP) is -1.90. The van der Waals surface area contributed by atoms with E-state index in [0.717, 1.165) is 0 Å². The molecule has 3 fully saturated rings. The van der Waals surface area contributed by atoms with Gasteiger partial charge in [-0.15, -0.1) is 0 Å². The third-order valence-corrected chi connectivity index (χ3v) is 7.03. The van der Waals surface area contributed by atoms with E-state index in [1.54, 1.807) is 0 Å². The lowest BCUT2D eigenvalue weighted by atomic mass is 9.69. The number of aliphatic hydroxyl groups excluding tert-OH is 5. The molecule has 8 heteroatoms. The minimum absolute atomic E-state index is 0.173. The summed E-state index contributed by atoms with van der Waals surface area (Å²) in [6.07, 6.45) is -7.55. The summed E-state index contributed by atoms with van der Waals surface area (Å²) in [4.78, 5) is 0. The fourth-order valence-corrected chi connectivity index (χ4v) is 4.71. The van der Waals surface area contributed by atoms with Crippen molar-refractivity contribution in [3.05, 3.63) is 0 Å². The second kappa shape index (κ2) is 5.59. The molecule has 0 spiro atoms. The first-order valence-corrected chi connectivity index (χ1v) is 8.36. The molecule has 9 atom stereocenters. The van der Waals surface area contributed by atoms with Crippen molar-refractivity contribution in [3.63, 3.8) is 0 Å². The van der Waals surface area contributed by atoms with Crippen molar-refractivity contribution >= 4 is 0 Å². The van der Waals surface area contributed by atoms with Crippen LogP contribution in [0.2, 0.25) is 0 Å². The Kier molecular flexibility index (Phi) is 4.30. The summed E-state index contributed by atoms with van der Waals surface area (Å²) in [6, 6.07) is 0. The number of hydrogen-bond donors (Lipinski definition) is 6. The molecule has 0 unspecified atom stereocenters. The topological polar surface area (TPSA) is 140 Å². The van der Waals surface area contributed by atoms with Gasteiger partial charge < -0.3 is 40.1 Å². The van der Waals surface area contributed by atoms with Gasteiger partial charge in [0.1, 0.15) is 24.4 Å². The maximum atomic E-state index is 10.9. The Labute approximate surface area is 140 Å². The van der Waals surface area contributed by atoms with Crippen molar-refractivity contribution < 1.29 is 40.1 Å². The van der Waals surface area contributed by atoms with Gasteiger partial charge in [-0.3, -0.25) is 0 Å². The Morgan fingerprint density at radius 3 is 2.08 bits per heavy atom. The van der Waals surface area contributed by atoms with Gasteiger partial charge in [0.05, 0.1) is 24.4 Å². The van der Waals surface area contributed by atoms with E-state index >= 15 is 0 Å². The van der Waals surface area contributed by atoms with E-state index in [1.807, 2.05) is 20.8 Å². The summed E-state index contributed by atoms with van der Waals surface area (Å²) in [5.41, 5.74) is -2.47. The minimum Gasteiger partial charge on any atom is -0.394 e. The van der Waals surface area contributed by atoms with E-state index in [2.05, 4.69) is 0 Å². The Morgan fingerprint density at radius 1 is 1.00 bits per heavy atom. The van der Waals surface area contributed by atoms with Gasteiger partial charge in [-0.05, 0) is 6.42 Å². The maximum Gasteiger partial charge on any atom is 0.186 e. The fraction of sp³-hybridized carbons (Fsp3) is 1.00. The molecule has 0 aromatic carbocycles. The monoisotopic (exact) mass is 348 g/mol. The minimum atomic E-state index is -1.51. The SMILES string of the molecule is CC1(C)[C@]2(C)C[C@H](O)[C@@]1(O)C[C@H]2O[C@@H]1O[C@H](CO)[C@@H](O)[C@H](O)[C@H]1O. The molecule has 0 aromatic rings. The molecular formula is C16H28O8. The van der Waals surface area contributed by atoms with Gasteiger partial charge in [0.2, 0.25) is 0 Å². The van der Waals surface area contributed by atoms with Crippen LogP contribution in [0.5, 0.6) is 0 Å². The van der Waals surface area contributed by atoms with Crippen molar-refractivity contribution in [3.8, 4) is 0 Å². The van der Waals surface area contributed by atoms with Crippen LogP contribution in [0, 0.1) is 10.8 Å². The highest BCUT2D eigenvalue weighted by Gasteiger charge is 2.74. The largest absolute Gasteiger partial charge is 0.394 e. The van der Waals surface area contributed by atoms with Gasteiger partial charge in [-0.2, -0.15) is 0 Å². The number of hydrogen-bond acceptors (Lipinski definition) is 8. The molecule has 3 aliphatic rings. The van der Waals surface area contributed by atoms with Crippen molar-refractivity contribution in [1.82, 2.24) is 0 Å². The average Bonchev–Trinajstić information content (AvgIpc) is 2.74. The lowest BCUT2D eigenvalue weighted by Crippen LogP contribution is -2.60. The Morgan fingerprint density at radius 2 is 1.62 bits per heavy atom. The summed E-state index contributed by atoms with van der Waals surface area (Å²) in [7, 11) is 0. The molecule has 0 aromatic heterocycles. The molecule has 3 rings (SSSR count). The van der Waals surface area contributed by atoms with Crippen molar-refractivity contribution in [2.24, 2.45) is 10.8 Å². The molecule has 1 saturated heterocycles. The van der Waals surface area contributed by atoms with Crippen molar-refractivity contribution in [2.45, 2.75) is 82.1 Å². The normalized spacial score (nSPS) is 56.6. The molecule has 8 nitrogen and oxygen atoms in total. The molecule has 24 heavy (non-hydrogen) atoms. The number of fused-ring (bicyclic) bond motifs is 2. The number of rotatable bonds is 3. The summed E-state index contributed by atoms with van der Waals surface area (Å²) in [6.45, 7) is 5.14. The van der Waals surface area contributed by atoms with E-state index in [4.69, 9.17) is 9.47 Å². The second-order valence-electron chi connectivity index (χ2n) is 8.21. The molecule has 1 aliphatic heterocycles. The highest BCUT2D eigenvalue weighted by atomic mass is 16.7. The van der Waals surface area contributed by atoms with Gasteiger partial charge in [0.15, 0.2) is 6.29 Å². The Balaban J connectivity index is 1.80. The van der Waals surface area contributed by atoms with Crippen LogP contribution in [0.4, 0.5) is 0 Å². The summed E-state index contributed by atoms with van der Waals surface area (Å²) in [5, 5.41) is 60.2. The summed E-state index contributed by atoms with van der Waals surface area (Å²) in [5.74, 6) is 0. The average molecular weight is 348 g/mol. The highest BCUT2D eigenvalue weighted by molar-refractivity contribution is 5.23. The van der Waals surface area contributed by atoms with Crippen LogP contribution in [-0.2, 0) is 9.47 Å². The second-order valence-corrected chi connectivity index (χ2v) is 8.21. The Hall–Kier alpha value is -0.320.